The second-order valence-electron chi connectivity index (χ2n) is 5.32. The molecular weight excluding hydrogens is 300 g/mol. The number of anilines is 2. The molecule has 0 aliphatic carbocycles. The Hall–Kier alpha value is -3.02. The molecule has 0 saturated heterocycles. The van der Waals surface area contributed by atoms with Gasteiger partial charge in [-0.2, -0.15) is 10.1 Å². The smallest absolute Gasteiger partial charge is 0.247 e. The Bertz CT molecular complexity index is 748. The van der Waals surface area contributed by atoms with Gasteiger partial charge in [0.15, 0.2) is 5.82 Å². The molecule has 0 amide bonds. The summed E-state index contributed by atoms with van der Waals surface area (Å²) in [4.78, 5) is 10.9. The van der Waals surface area contributed by atoms with E-state index in [4.69, 9.17) is 0 Å². The molecule has 24 heavy (non-hydrogen) atoms. The zero-order chi connectivity index (χ0) is 16.6. The van der Waals surface area contributed by atoms with Crippen molar-refractivity contribution in [1.29, 1.82) is 0 Å². The standard InChI is InChI=1S/C18H20N6/c1-2-24(14-15-8-4-3-5-9-15)18-22-17(13-21-23-18)20-12-16-10-6-7-11-19-16/h3-11,13H,2,12,14H2,1H3,(H,20,22,23). The minimum absolute atomic E-state index is 0.601. The van der Waals surface area contributed by atoms with Crippen LogP contribution in [-0.2, 0) is 13.1 Å². The van der Waals surface area contributed by atoms with E-state index in [1.807, 2.05) is 36.4 Å². The summed E-state index contributed by atoms with van der Waals surface area (Å²) in [5.41, 5.74) is 2.17. The van der Waals surface area contributed by atoms with Crippen LogP contribution in [-0.4, -0.2) is 26.7 Å². The van der Waals surface area contributed by atoms with Crippen LogP contribution in [0.15, 0.2) is 60.9 Å². The lowest BCUT2D eigenvalue weighted by Gasteiger charge is -2.20. The first-order valence-corrected chi connectivity index (χ1v) is 7.97. The van der Waals surface area contributed by atoms with Crippen LogP contribution in [0.2, 0.25) is 0 Å². The van der Waals surface area contributed by atoms with Gasteiger partial charge in [-0.25, -0.2) is 0 Å². The van der Waals surface area contributed by atoms with Crippen LogP contribution in [0.3, 0.4) is 0 Å². The Morgan fingerprint density at radius 1 is 1.04 bits per heavy atom. The van der Waals surface area contributed by atoms with E-state index in [1.54, 1.807) is 12.4 Å². The summed E-state index contributed by atoms with van der Waals surface area (Å²) in [5, 5.41) is 11.5. The third-order valence-electron chi connectivity index (χ3n) is 3.61. The molecule has 122 valence electrons. The van der Waals surface area contributed by atoms with Gasteiger partial charge in [0, 0.05) is 19.3 Å². The van der Waals surface area contributed by atoms with Crippen LogP contribution in [0.5, 0.6) is 0 Å². The SMILES string of the molecule is CCN(Cc1ccccc1)c1nncc(NCc2ccccn2)n1. The van der Waals surface area contributed by atoms with Gasteiger partial charge in [-0.3, -0.25) is 4.98 Å². The molecule has 1 N–H and O–H groups in total. The van der Waals surface area contributed by atoms with Gasteiger partial charge in [0.1, 0.15) is 0 Å². The van der Waals surface area contributed by atoms with Gasteiger partial charge in [-0.05, 0) is 24.6 Å². The van der Waals surface area contributed by atoms with Gasteiger partial charge in [0.25, 0.3) is 0 Å². The predicted octanol–water partition coefficient (Wildman–Crippen LogP) is 2.91. The maximum absolute atomic E-state index is 4.57. The van der Waals surface area contributed by atoms with Crippen molar-refractivity contribution in [2.45, 2.75) is 20.0 Å². The lowest BCUT2D eigenvalue weighted by Crippen LogP contribution is -2.25. The average molecular weight is 320 g/mol. The minimum Gasteiger partial charge on any atom is -0.363 e. The Morgan fingerprint density at radius 2 is 1.88 bits per heavy atom. The number of hydrogen-bond donors (Lipinski definition) is 1. The van der Waals surface area contributed by atoms with Gasteiger partial charge in [-0.1, -0.05) is 36.4 Å². The molecule has 3 rings (SSSR count). The maximum atomic E-state index is 4.57. The van der Waals surface area contributed by atoms with E-state index in [2.05, 4.69) is 49.4 Å². The highest BCUT2D eigenvalue weighted by Gasteiger charge is 2.10. The molecule has 6 nitrogen and oxygen atoms in total. The summed E-state index contributed by atoms with van der Waals surface area (Å²) in [6.07, 6.45) is 3.40. The normalized spacial score (nSPS) is 10.4. The summed E-state index contributed by atoms with van der Waals surface area (Å²) in [5.74, 6) is 1.31. The minimum atomic E-state index is 0.601. The molecule has 0 saturated carbocycles. The van der Waals surface area contributed by atoms with Crippen molar-refractivity contribution in [3.05, 3.63) is 72.2 Å². The first-order valence-electron chi connectivity index (χ1n) is 7.97. The van der Waals surface area contributed by atoms with E-state index in [9.17, 15) is 0 Å². The summed E-state index contributed by atoms with van der Waals surface area (Å²) in [7, 11) is 0. The molecule has 0 aliphatic heterocycles. The Morgan fingerprint density at radius 3 is 2.62 bits per heavy atom. The van der Waals surface area contributed by atoms with E-state index in [-0.39, 0.29) is 0 Å². The van der Waals surface area contributed by atoms with Crippen molar-refractivity contribution in [1.82, 2.24) is 20.2 Å². The number of benzene rings is 1. The number of nitrogens with one attached hydrogen (secondary N) is 1. The quantitative estimate of drug-likeness (QED) is 0.722. The van der Waals surface area contributed by atoms with Gasteiger partial charge in [0.05, 0.1) is 18.4 Å². The fraction of sp³-hybridized carbons (Fsp3) is 0.222. The van der Waals surface area contributed by atoms with Gasteiger partial charge in [-0.15, -0.1) is 5.10 Å². The summed E-state index contributed by atoms with van der Waals surface area (Å²) in [6.45, 7) is 4.24. The number of hydrogen-bond acceptors (Lipinski definition) is 6. The predicted molar refractivity (Wildman–Crippen MR) is 94.6 cm³/mol. The number of nitrogens with zero attached hydrogens (tertiary/aromatic N) is 5. The molecule has 1 aromatic carbocycles. The Balaban J connectivity index is 1.69. The van der Waals surface area contributed by atoms with Gasteiger partial charge < -0.3 is 10.2 Å². The molecule has 0 radical (unpaired) electrons. The molecule has 6 heteroatoms. The number of rotatable bonds is 7. The van der Waals surface area contributed by atoms with Gasteiger partial charge >= 0.3 is 0 Å². The van der Waals surface area contributed by atoms with Crippen LogP contribution in [0.25, 0.3) is 0 Å². The fourth-order valence-electron chi connectivity index (χ4n) is 2.32. The first kappa shape index (κ1) is 15.9. The summed E-state index contributed by atoms with van der Waals surface area (Å²) >= 11 is 0. The highest BCUT2D eigenvalue weighted by molar-refractivity contribution is 5.39. The molecule has 0 aliphatic rings. The molecule has 0 spiro atoms. The third-order valence-corrected chi connectivity index (χ3v) is 3.61. The van der Waals surface area contributed by atoms with Crippen LogP contribution < -0.4 is 10.2 Å². The van der Waals surface area contributed by atoms with Crippen molar-refractivity contribution >= 4 is 11.8 Å². The second-order valence-corrected chi connectivity index (χ2v) is 5.32. The number of pyridine rings is 1. The highest BCUT2D eigenvalue weighted by Crippen LogP contribution is 2.13. The maximum Gasteiger partial charge on any atom is 0.247 e. The lowest BCUT2D eigenvalue weighted by molar-refractivity contribution is 0.769. The first-order chi connectivity index (χ1) is 11.8. The molecular formula is C18H20N6. The molecule has 0 fully saturated rings. The van der Waals surface area contributed by atoms with Crippen molar-refractivity contribution in [3.8, 4) is 0 Å². The molecule has 0 atom stereocenters. The van der Waals surface area contributed by atoms with Crippen molar-refractivity contribution < 1.29 is 0 Å². The van der Waals surface area contributed by atoms with Gasteiger partial charge in [0.2, 0.25) is 5.95 Å². The highest BCUT2D eigenvalue weighted by atomic mass is 15.3. The van der Waals surface area contributed by atoms with Crippen LogP contribution in [0.1, 0.15) is 18.2 Å². The van der Waals surface area contributed by atoms with E-state index < -0.39 is 0 Å². The molecule has 0 unspecified atom stereocenters. The molecule has 3 aromatic rings. The molecule has 2 aromatic heterocycles. The zero-order valence-electron chi connectivity index (χ0n) is 13.6. The summed E-state index contributed by atoms with van der Waals surface area (Å²) < 4.78 is 0. The zero-order valence-corrected chi connectivity index (χ0v) is 13.6. The second kappa shape index (κ2) is 8.01. The monoisotopic (exact) mass is 320 g/mol. The largest absolute Gasteiger partial charge is 0.363 e. The Kier molecular flexibility index (Phi) is 5.29. The van der Waals surface area contributed by atoms with Crippen LogP contribution >= 0.6 is 0 Å². The van der Waals surface area contributed by atoms with Crippen LogP contribution in [0, 0.1) is 0 Å². The summed E-state index contributed by atoms with van der Waals surface area (Å²) in [6, 6.07) is 16.1. The van der Waals surface area contributed by atoms with E-state index in [1.165, 1.54) is 5.56 Å². The van der Waals surface area contributed by atoms with Crippen LogP contribution in [0.4, 0.5) is 11.8 Å². The van der Waals surface area contributed by atoms with E-state index in [0.29, 0.717) is 18.3 Å². The topological polar surface area (TPSA) is 66.8 Å². The van der Waals surface area contributed by atoms with E-state index >= 15 is 0 Å². The third kappa shape index (κ3) is 4.25. The Labute approximate surface area is 141 Å². The number of aromatic nitrogens is 4. The van der Waals surface area contributed by atoms with Crippen molar-refractivity contribution in [2.75, 3.05) is 16.8 Å². The molecule has 0 bridgehead atoms. The van der Waals surface area contributed by atoms with E-state index in [0.717, 1.165) is 18.8 Å². The average Bonchev–Trinajstić information content (AvgIpc) is 2.66. The molecule has 2 heterocycles. The van der Waals surface area contributed by atoms with Crippen molar-refractivity contribution in [2.24, 2.45) is 0 Å². The lowest BCUT2D eigenvalue weighted by atomic mass is 10.2. The fourth-order valence-corrected chi connectivity index (χ4v) is 2.32. The van der Waals surface area contributed by atoms with Crippen molar-refractivity contribution in [3.63, 3.8) is 0 Å².